The molecule has 10 aromatic carbocycles. The fourth-order valence-corrected chi connectivity index (χ4v) is 9.35. The van der Waals surface area contributed by atoms with Crippen molar-refractivity contribution in [2.75, 3.05) is 0 Å². The average Bonchev–Trinajstić information content (AvgIpc) is 3.79. The molecule has 12 aromatic rings. The number of fused-ring (bicyclic) bond motifs is 12. The van der Waals surface area contributed by atoms with Crippen molar-refractivity contribution >= 4 is 75.9 Å². The van der Waals surface area contributed by atoms with Gasteiger partial charge in [-0.2, -0.15) is 0 Å². The molecule has 0 amide bonds. The molecule has 2 nitrogen and oxygen atoms in total. The minimum Gasteiger partial charge on any atom is -0.309 e. The zero-order valence-corrected chi connectivity index (χ0v) is 30.5. The molecule has 2 heterocycles. The maximum atomic E-state index is 2.45. The lowest BCUT2D eigenvalue weighted by Gasteiger charge is -2.13. The van der Waals surface area contributed by atoms with E-state index < -0.39 is 0 Å². The fourth-order valence-electron chi connectivity index (χ4n) is 9.35. The highest BCUT2D eigenvalue weighted by molar-refractivity contribution is 6.26. The number of hydrogen-bond acceptors (Lipinski definition) is 0. The van der Waals surface area contributed by atoms with Crippen LogP contribution in [0, 0.1) is 0 Å². The van der Waals surface area contributed by atoms with Gasteiger partial charge in [-0.3, -0.25) is 0 Å². The van der Waals surface area contributed by atoms with Crippen LogP contribution in [0.4, 0.5) is 0 Å². The predicted molar refractivity (Wildman–Crippen MR) is 239 cm³/mol. The van der Waals surface area contributed by atoms with E-state index in [1.807, 2.05) is 0 Å². The first-order chi connectivity index (χ1) is 27.8. The van der Waals surface area contributed by atoms with Crippen molar-refractivity contribution in [2.45, 2.75) is 0 Å². The van der Waals surface area contributed by atoms with Gasteiger partial charge in [0.25, 0.3) is 0 Å². The summed E-state index contributed by atoms with van der Waals surface area (Å²) in [5, 5.41) is 12.8. The van der Waals surface area contributed by atoms with Crippen LogP contribution in [0.1, 0.15) is 0 Å². The number of aromatic nitrogens is 2. The van der Waals surface area contributed by atoms with E-state index in [9.17, 15) is 0 Å². The second-order valence-corrected chi connectivity index (χ2v) is 14.9. The summed E-state index contributed by atoms with van der Waals surface area (Å²) in [6, 6.07) is 75.8. The Morgan fingerprint density at radius 1 is 0.196 bits per heavy atom. The molecule has 0 spiro atoms. The lowest BCUT2D eigenvalue weighted by Crippen LogP contribution is -1.95. The Hall–Kier alpha value is -7.42. The maximum absolute atomic E-state index is 2.45. The quantitative estimate of drug-likeness (QED) is 0.161. The van der Waals surface area contributed by atoms with Crippen LogP contribution in [-0.4, -0.2) is 9.13 Å². The molecule has 0 fully saturated rings. The Morgan fingerprint density at radius 2 is 0.607 bits per heavy atom. The van der Waals surface area contributed by atoms with Crippen molar-refractivity contribution in [1.82, 2.24) is 9.13 Å². The zero-order chi connectivity index (χ0) is 36.7. The second-order valence-electron chi connectivity index (χ2n) is 14.9. The zero-order valence-electron chi connectivity index (χ0n) is 30.5. The second kappa shape index (κ2) is 12.0. The van der Waals surface area contributed by atoms with E-state index in [1.165, 1.54) is 104 Å². The van der Waals surface area contributed by atoms with Crippen LogP contribution in [0.15, 0.2) is 206 Å². The topological polar surface area (TPSA) is 9.86 Å². The first-order valence-corrected chi connectivity index (χ1v) is 19.3. The van der Waals surface area contributed by atoms with E-state index >= 15 is 0 Å². The molecule has 0 radical (unpaired) electrons. The third-order valence-corrected chi connectivity index (χ3v) is 11.9. The molecule has 2 aromatic heterocycles. The average molecular weight is 711 g/mol. The molecule has 0 saturated carbocycles. The van der Waals surface area contributed by atoms with Gasteiger partial charge in [0.15, 0.2) is 0 Å². The van der Waals surface area contributed by atoms with Crippen LogP contribution >= 0.6 is 0 Å². The van der Waals surface area contributed by atoms with Crippen molar-refractivity contribution < 1.29 is 0 Å². The summed E-state index contributed by atoms with van der Waals surface area (Å²) in [6.45, 7) is 0. The number of hydrogen-bond donors (Lipinski definition) is 0. The van der Waals surface area contributed by atoms with Gasteiger partial charge in [-0.15, -0.1) is 0 Å². The molecule has 0 aliphatic rings. The third-order valence-electron chi connectivity index (χ3n) is 11.9. The van der Waals surface area contributed by atoms with Crippen LogP contribution < -0.4 is 0 Å². The Balaban J connectivity index is 1.03. The van der Waals surface area contributed by atoms with Gasteiger partial charge in [0.2, 0.25) is 0 Å². The van der Waals surface area contributed by atoms with Gasteiger partial charge < -0.3 is 9.13 Å². The van der Waals surface area contributed by atoms with Crippen LogP contribution in [0.2, 0.25) is 0 Å². The smallest absolute Gasteiger partial charge is 0.0547 e. The Bertz CT molecular complexity index is 3490. The van der Waals surface area contributed by atoms with Gasteiger partial charge in [-0.05, 0) is 115 Å². The molecule has 0 saturated heterocycles. The standard InChI is InChI=1S/C54H34N2/c1-2-14-39(15-3-1)55-52-24-11-9-22-47(52)50-33-37(27-30-53(50)55)35-13-12-16-40(31-35)56-51-23-10-8-21-46(51)48-29-26-38(34-54(48)56)36-25-28-45-43-19-5-4-17-41(43)42-18-6-7-20-44(42)49(45)32-36/h1-34H. The van der Waals surface area contributed by atoms with E-state index in [0.717, 1.165) is 5.69 Å². The number of benzene rings is 10. The van der Waals surface area contributed by atoms with E-state index in [1.54, 1.807) is 0 Å². The van der Waals surface area contributed by atoms with Crippen molar-refractivity contribution in [1.29, 1.82) is 0 Å². The fraction of sp³-hybridized carbons (Fsp3) is 0. The molecule has 0 bridgehead atoms. The summed E-state index contributed by atoms with van der Waals surface area (Å²) in [5.74, 6) is 0. The van der Waals surface area contributed by atoms with E-state index in [2.05, 4.69) is 215 Å². The van der Waals surface area contributed by atoms with Crippen LogP contribution in [0.5, 0.6) is 0 Å². The highest BCUT2D eigenvalue weighted by atomic mass is 15.0. The molecule has 2 heteroatoms. The van der Waals surface area contributed by atoms with Crippen LogP contribution in [0.3, 0.4) is 0 Å². The number of para-hydroxylation sites is 3. The van der Waals surface area contributed by atoms with Crippen molar-refractivity contribution in [3.05, 3.63) is 206 Å². The van der Waals surface area contributed by atoms with Gasteiger partial charge in [-0.25, -0.2) is 0 Å². The van der Waals surface area contributed by atoms with Crippen molar-refractivity contribution in [3.63, 3.8) is 0 Å². The Labute approximate surface area is 323 Å². The lowest BCUT2D eigenvalue weighted by molar-refractivity contribution is 1.18. The molecule has 56 heavy (non-hydrogen) atoms. The molecule has 260 valence electrons. The first-order valence-electron chi connectivity index (χ1n) is 19.3. The summed E-state index contributed by atoms with van der Waals surface area (Å²) < 4.78 is 4.82. The minimum atomic E-state index is 1.15. The molecule has 0 aliphatic heterocycles. The molecule has 0 atom stereocenters. The number of nitrogens with zero attached hydrogens (tertiary/aromatic N) is 2. The van der Waals surface area contributed by atoms with Gasteiger partial charge in [0.05, 0.1) is 22.1 Å². The normalized spacial score (nSPS) is 11.9. The first kappa shape index (κ1) is 31.0. The van der Waals surface area contributed by atoms with Crippen molar-refractivity contribution in [3.8, 4) is 33.6 Å². The van der Waals surface area contributed by atoms with Gasteiger partial charge in [-0.1, -0.05) is 146 Å². The molecule has 0 unspecified atom stereocenters. The Kier molecular flexibility index (Phi) is 6.66. The summed E-state index contributed by atoms with van der Waals surface area (Å²) >= 11 is 0. The minimum absolute atomic E-state index is 1.15. The van der Waals surface area contributed by atoms with Crippen molar-refractivity contribution in [2.24, 2.45) is 0 Å². The summed E-state index contributed by atoms with van der Waals surface area (Å²) in [5.41, 5.74) is 12.0. The maximum Gasteiger partial charge on any atom is 0.0547 e. The lowest BCUT2D eigenvalue weighted by atomic mass is 9.92. The molecule has 12 rings (SSSR count). The number of rotatable bonds is 4. The molecular formula is C54H34N2. The molecule has 0 N–H and O–H groups in total. The van der Waals surface area contributed by atoms with Gasteiger partial charge in [0, 0.05) is 32.9 Å². The third kappa shape index (κ3) is 4.57. The molecule has 0 aliphatic carbocycles. The van der Waals surface area contributed by atoms with Gasteiger partial charge in [0.1, 0.15) is 0 Å². The molecular weight excluding hydrogens is 677 g/mol. The van der Waals surface area contributed by atoms with E-state index in [-0.39, 0.29) is 0 Å². The van der Waals surface area contributed by atoms with E-state index in [0.29, 0.717) is 0 Å². The largest absolute Gasteiger partial charge is 0.309 e. The van der Waals surface area contributed by atoms with Crippen LogP contribution in [0.25, 0.3) is 110 Å². The van der Waals surface area contributed by atoms with Gasteiger partial charge >= 0.3 is 0 Å². The summed E-state index contributed by atoms with van der Waals surface area (Å²) in [7, 11) is 0. The Morgan fingerprint density at radius 3 is 1.29 bits per heavy atom. The monoisotopic (exact) mass is 710 g/mol. The highest BCUT2D eigenvalue weighted by Crippen LogP contribution is 2.40. The highest BCUT2D eigenvalue weighted by Gasteiger charge is 2.17. The summed E-state index contributed by atoms with van der Waals surface area (Å²) in [4.78, 5) is 0. The van der Waals surface area contributed by atoms with E-state index in [4.69, 9.17) is 0 Å². The summed E-state index contributed by atoms with van der Waals surface area (Å²) in [6.07, 6.45) is 0. The predicted octanol–water partition coefficient (Wildman–Crippen LogP) is 14.7. The van der Waals surface area contributed by atoms with Crippen LogP contribution in [-0.2, 0) is 0 Å². The SMILES string of the molecule is c1ccc(-n2c3ccccc3c3cc(-c4cccc(-n5c6ccccc6c6ccc(-c7ccc8c9ccccc9c9ccccc9c8c7)cc65)c4)ccc32)cc1.